The molecule has 2 fully saturated rings. The number of hydrazine groups is 1. The molecule has 2 heterocycles. The summed E-state index contributed by atoms with van der Waals surface area (Å²) in [6.45, 7) is 2.94. The molecule has 1 amide bonds. The number of hydrogen-bond acceptors (Lipinski definition) is 5. The normalized spacial score (nSPS) is 27.9. The van der Waals surface area contributed by atoms with Gasteiger partial charge in [0.15, 0.2) is 5.12 Å². The van der Waals surface area contributed by atoms with E-state index >= 15 is 0 Å². The maximum absolute atomic E-state index is 12.6. The van der Waals surface area contributed by atoms with Gasteiger partial charge < -0.3 is 5.11 Å². The Balaban J connectivity index is 2.14. The van der Waals surface area contributed by atoms with Crippen LogP contribution in [0, 0.1) is 5.92 Å². The van der Waals surface area contributed by atoms with Crippen LogP contribution in [0.15, 0.2) is 0 Å². The van der Waals surface area contributed by atoms with Gasteiger partial charge in [-0.25, -0.2) is 9.80 Å². The second-order valence-electron chi connectivity index (χ2n) is 5.27. The SMILES string of the molecule is CC(=O)SC[C@H]1CCCN2CCC[C@@H](C(=O)O)N2C1=O. The van der Waals surface area contributed by atoms with Crippen molar-refractivity contribution in [1.82, 2.24) is 10.0 Å². The molecule has 2 saturated heterocycles. The first kappa shape index (κ1) is 15.3. The Bertz CT molecular complexity index is 415. The van der Waals surface area contributed by atoms with Crippen molar-refractivity contribution in [2.24, 2.45) is 5.92 Å². The third-order valence-corrected chi connectivity index (χ3v) is 4.79. The molecule has 0 aromatic rings. The zero-order valence-electron chi connectivity index (χ0n) is 11.6. The van der Waals surface area contributed by atoms with E-state index in [0.29, 0.717) is 12.2 Å². The summed E-state index contributed by atoms with van der Waals surface area (Å²) in [5.74, 6) is -0.884. The van der Waals surface area contributed by atoms with Crippen molar-refractivity contribution in [3.05, 3.63) is 0 Å². The molecule has 2 aliphatic heterocycles. The lowest BCUT2D eigenvalue weighted by atomic mass is 10.0. The number of carbonyl (C=O) groups is 3. The van der Waals surface area contributed by atoms with Gasteiger partial charge in [-0.1, -0.05) is 11.8 Å². The smallest absolute Gasteiger partial charge is 0.328 e. The topological polar surface area (TPSA) is 77.9 Å². The molecule has 0 aromatic heterocycles. The number of carboxylic acids is 1. The number of amides is 1. The fourth-order valence-corrected chi connectivity index (χ4v) is 3.58. The molecule has 1 N–H and O–H groups in total. The van der Waals surface area contributed by atoms with E-state index in [9.17, 15) is 19.5 Å². The van der Waals surface area contributed by atoms with Crippen molar-refractivity contribution >= 4 is 28.8 Å². The fraction of sp³-hybridized carbons (Fsp3) is 0.769. The summed E-state index contributed by atoms with van der Waals surface area (Å²) in [5, 5.41) is 12.6. The van der Waals surface area contributed by atoms with Gasteiger partial charge in [0.05, 0.1) is 0 Å². The van der Waals surface area contributed by atoms with Gasteiger partial charge in [-0.05, 0) is 25.7 Å². The minimum absolute atomic E-state index is 0.00710. The van der Waals surface area contributed by atoms with Crippen LogP contribution in [0.25, 0.3) is 0 Å². The molecule has 7 heteroatoms. The highest BCUT2D eigenvalue weighted by molar-refractivity contribution is 8.13. The van der Waals surface area contributed by atoms with Gasteiger partial charge in [0.2, 0.25) is 5.91 Å². The van der Waals surface area contributed by atoms with Crippen LogP contribution in [0.5, 0.6) is 0 Å². The van der Waals surface area contributed by atoms with Gasteiger partial charge in [-0.2, -0.15) is 0 Å². The Morgan fingerprint density at radius 3 is 2.55 bits per heavy atom. The number of carboxylic acid groups (broad SMARTS) is 1. The summed E-state index contributed by atoms with van der Waals surface area (Å²) in [6.07, 6.45) is 2.88. The fourth-order valence-electron chi connectivity index (χ4n) is 2.84. The van der Waals surface area contributed by atoms with Gasteiger partial charge in [0.1, 0.15) is 6.04 Å². The molecule has 2 aliphatic rings. The van der Waals surface area contributed by atoms with Gasteiger partial charge >= 0.3 is 5.97 Å². The zero-order chi connectivity index (χ0) is 14.7. The summed E-state index contributed by atoms with van der Waals surface area (Å²) < 4.78 is 0. The highest BCUT2D eigenvalue weighted by Crippen LogP contribution is 2.28. The van der Waals surface area contributed by atoms with Crippen molar-refractivity contribution in [2.45, 2.75) is 38.6 Å². The van der Waals surface area contributed by atoms with Crippen LogP contribution in [0.4, 0.5) is 0 Å². The Labute approximate surface area is 122 Å². The molecule has 0 aromatic carbocycles. The van der Waals surface area contributed by atoms with E-state index in [1.54, 1.807) is 0 Å². The molecule has 20 heavy (non-hydrogen) atoms. The number of aliphatic carboxylic acids is 1. The zero-order valence-corrected chi connectivity index (χ0v) is 12.4. The first-order valence-corrected chi connectivity index (χ1v) is 7.93. The van der Waals surface area contributed by atoms with E-state index in [4.69, 9.17) is 0 Å². The van der Waals surface area contributed by atoms with Crippen LogP contribution in [0.3, 0.4) is 0 Å². The van der Waals surface area contributed by atoms with Crippen LogP contribution in [0.2, 0.25) is 0 Å². The van der Waals surface area contributed by atoms with Crippen LogP contribution in [-0.2, 0) is 14.4 Å². The first-order chi connectivity index (χ1) is 9.50. The van der Waals surface area contributed by atoms with Crippen molar-refractivity contribution in [3.63, 3.8) is 0 Å². The van der Waals surface area contributed by atoms with E-state index in [0.717, 1.165) is 44.1 Å². The van der Waals surface area contributed by atoms with Crippen molar-refractivity contribution in [2.75, 3.05) is 18.8 Å². The molecule has 0 radical (unpaired) electrons. The average molecular weight is 300 g/mol. The number of hydrogen-bond donors (Lipinski definition) is 1. The predicted molar refractivity (Wildman–Crippen MR) is 74.9 cm³/mol. The molecule has 0 saturated carbocycles. The van der Waals surface area contributed by atoms with Crippen molar-refractivity contribution in [1.29, 1.82) is 0 Å². The Kier molecular flexibility index (Phi) is 5.04. The molecule has 2 atom stereocenters. The Morgan fingerprint density at radius 1 is 1.30 bits per heavy atom. The number of nitrogens with zero attached hydrogens (tertiary/aromatic N) is 2. The second-order valence-corrected chi connectivity index (χ2v) is 6.47. The van der Waals surface area contributed by atoms with E-state index in [1.807, 2.05) is 5.01 Å². The number of rotatable bonds is 3. The quantitative estimate of drug-likeness (QED) is 0.837. The highest BCUT2D eigenvalue weighted by Gasteiger charge is 2.41. The molecular formula is C13H20N2O4S. The molecule has 0 spiro atoms. The lowest BCUT2D eigenvalue weighted by Crippen LogP contribution is -2.58. The number of fused-ring (bicyclic) bond motifs is 1. The van der Waals surface area contributed by atoms with Gasteiger partial charge in [0.25, 0.3) is 0 Å². The lowest BCUT2D eigenvalue weighted by molar-refractivity contribution is -0.175. The summed E-state index contributed by atoms with van der Waals surface area (Å²) in [7, 11) is 0. The van der Waals surface area contributed by atoms with E-state index in [2.05, 4.69) is 0 Å². The summed E-state index contributed by atoms with van der Waals surface area (Å²) in [5.41, 5.74) is 0. The minimum Gasteiger partial charge on any atom is -0.480 e. The van der Waals surface area contributed by atoms with Gasteiger partial charge in [-0.3, -0.25) is 14.6 Å². The van der Waals surface area contributed by atoms with Crippen LogP contribution >= 0.6 is 11.8 Å². The standard InChI is InChI=1S/C13H20N2O4S/c1-9(16)20-8-10-4-2-6-14-7-3-5-11(13(18)19)15(14)12(10)17/h10-11H,2-8H2,1H3,(H,18,19)/t10-,11+/m1/s1. The maximum atomic E-state index is 12.6. The van der Waals surface area contributed by atoms with Crippen molar-refractivity contribution < 1.29 is 19.5 Å². The first-order valence-electron chi connectivity index (χ1n) is 6.95. The lowest BCUT2D eigenvalue weighted by Gasteiger charge is -2.42. The monoisotopic (exact) mass is 300 g/mol. The van der Waals surface area contributed by atoms with Crippen molar-refractivity contribution in [3.8, 4) is 0 Å². The van der Waals surface area contributed by atoms with E-state index in [1.165, 1.54) is 11.9 Å². The summed E-state index contributed by atoms with van der Waals surface area (Å²) >= 11 is 1.15. The van der Waals surface area contributed by atoms with Gasteiger partial charge in [-0.15, -0.1) is 0 Å². The maximum Gasteiger partial charge on any atom is 0.328 e. The minimum atomic E-state index is -0.942. The molecule has 2 rings (SSSR count). The molecule has 0 bridgehead atoms. The third-order valence-electron chi connectivity index (χ3n) is 3.81. The van der Waals surface area contributed by atoms with Crippen LogP contribution < -0.4 is 0 Å². The second kappa shape index (κ2) is 6.58. The van der Waals surface area contributed by atoms with Gasteiger partial charge in [0, 0.05) is 31.7 Å². The number of carbonyl (C=O) groups excluding carboxylic acids is 2. The molecular weight excluding hydrogens is 280 g/mol. The van der Waals surface area contributed by atoms with Crippen LogP contribution in [0.1, 0.15) is 32.6 Å². The molecule has 6 nitrogen and oxygen atoms in total. The molecule has 0 unspecified atom stereocenters. The summed E-state index contributed by atoms with van der Waals surface area (Å²) in [4.78, 5) is 35.0. The largest absolute Gasteiger partial charge is 0.480 e. The Hall–Kier alpha value is -1.08. The van der Waals surface area contributed by atoms with E-state index in [-0.39, 0.29) is 16.9 Å². The molecule has 112 valence electrons. The Morgan fingerprint density at radius 2 is 1.95 bits per heavy atom. The summed E-state index contributed by atoms with van der Waals surface area (Å²) in [6, 6.07) is -0.751. The van der Waals surface area contributed by atoms with Crippen LogP contribution in [-0.4, -0.2) is 57.0 Å². The average Bonchev–Trinajstić information content (AvgIpc) is 2.56. The predicted octanol–water partition coefficient (Wildman–Crippen LogP) is 0.969. The third kappa shape index (κ3) is 3.32. The number of thioether (sulfide) groups is 1. The van der Waals surface area contributed by atoms with E-state index < -0.39 is 12.0 Å². The molecule has 0 aliphatic carbocycles. The highest BCUT2D eigenvalue weighted by atomic mass is 32.2.